The zero-order chi connectivity index (χ0) is 11.9. The number of benzene rings is 1. The van der Waals surface area contributed by atoms with Gasteiger partial charge < -0.3 is 9.47 Å². The molecule has 0 aromatic heterocycles. The molecule has 1 aromatic rings. The molecule has 4 nitrogen and oxygen atoms in total. The van der Waals surface area contributed by atoms with Gasteiger partial charge in [0.2, 0.25) is 6.79 Å². The first-order valence-corrected chi connectivity index (χ1v) is 6.37. The van der Waals surface area contributed by atoms with Crippen molar-refractivity contribution >= 4 is 19.7 Å². The van der Waals surface area contributed by atoms with Crippen LogP contribution in [-0.2, 0) is 9.05 Å². The monoisotopic (exact) mass is 270 g/mol. The second-order valence-corrected chi connectivity index (χ2v) is 5.53. The maximum atomic E-state index is 12.5. The summed E-state index contributed by atoms with van der Waals surface area (Å²) < 4.78 is 57.0. The van der Waals surface area contributed by atoms with E-state index >= 15 is 0 Å². The fraction of sp³-hybridized carbons (Fsp3) is 0.250. The van der Waals surface area contributed by atoms with Crippen molar-refractivity contribution in [2.45, 2.75) is 11.3 Å². The van der Waals surface area contributed by atoms with Gasteiger partial charge in [-0.2, -0.15) is 0 Å². The molecule has 0 bridgehead atoms. The van der Waals surface area contributed by atoms with Crippen molar-refractivity contribution in [1.29, 1.82) is 0 Å². The number of ether oxygens (including phenoxy) is 2. The van der Waals surface area contributed by atoms with Gasteiger partial charge in [-0.25, -0.2) is 17.2 Å². The summed E-state index contributed by atoms with van der Waals surface area (Å²) in [6, 6.07) is 1.80. The Labute approximate surface area is 94.1 Å². The van der Waals surface area contributed by atoms with Crippen molar-refractivity contribution in [3.05, 3.63) is 17.7 Å². The molecule has 2 rings (SSSR count). The maximum Gasteiger partial charge on any atom is 0.265 e. The van der Waals surface area contributed by atoms with Crippen LogP contribution in [0.3, 0.4) is 0 Å². The van der Waals surface area contributed by atoms with Crippen LogP contribution >= 0.6 is 10.7 Å². The van der Waals surface area contributed by atoms with E-state index in [1.54, 1.807) is 0 Å². The largest absolute Gasteiger partial charge is 0.454 e. The minimum Gasteiger partial charge on any atom is -0.454 e. The average molecular weight is 271 g/mol. The Morgan fingerprint density at radius 2 is 2.00 bits per heavy atom. The molecule has 0 unspecified atom stereocenters. The van der Waals surface area contributed by atoms with Crippen LogP contribution in [0.4, 0.5) is 8.78 Å². The van der Waals surface area contributed by atoms with Gasteiger partial charge >= 0.3 is 0 Å². The topological polar surface area (TPSA) is 52.6 Å². The van der Waals surface area contributed by atoms with Gasteiger partial charge in [-0.1, -0.05) is 0 Å². The van der Waals surface area contributed by atoms with Gasteiger partial charge in [0.1, 0.15) is 4.90 Å². The number of rotatable bonds is 2. The standard InChI is InChI=1S/C8H5ClF2O4S/c9-16(12,13)6-2-4(8(10)11)1-5-7(6)15-3-14-5/h1-2,8H,3H2. The second kappa shape index (κ2) is 3.74. The number of fused-ring (bicyclic) bond motifs is 1. The molecule has 1 aliphatic rings. The zero-order valence-corrected chi connectivity index (χ0v) is 9.19. The summed E-state index contributed by atoms with van der Waals surface area (Å²) in [4.78, 5) is -0.500. The molecule has 0 saturated heterocycles. The van der Waals surface area contributed by atoms with E-state index in [-0.39, 0.29) is 18.3 Å². The lowest BCUT2D eigenvalue weighted by Crippen LogP contribution is -1.97. The molecule has 0 amide bonds. The van der Waals surface area contributed by atoms with Gasteiger partial charge in [0.15, 0.2) is 11.5 Å². The maximum absolute atomic E-state index is 12.5. The number of alkyl halides is 2. The number of hydrogen-bond donors (Lipinski definition) is 0. The minimum absolute atomic E-state index is 0.0444. The van der Waals surface area contributed by atoms with Crippen molar-refractivity contribution < 1.29 is 26.7 Å². The van der Waals surface area contributed by atoms with Crippen molar-refractivity contribution in [2.75, 3.05) is 6.79 Å². The first-order valence-electron chi connectivity index (χ1n) is 4.06. The van der Waals surface area contributed by atoms with E-state index in [1.807, 2.05) is 0 Å². The third-order valence-electron chi connectivity index (χ3n) is 1.98. The Bertz CT molecular complexity index is 529. The predicted molar refractivity (Wildman–Crippen MR) is 50.6 cm³/mol. The normalized spacial score (nSPS) is 14.5. The fourth-order valence-electron chi connectivity index (χ4n) is 1.31. The van der Waals surface area contributed by atoms with Crippen molar-refractivity contribution in [1.82, 2.24) is 0 Å². The van der Waals surface area contributed by atoms with E-state index in [4.69, 9.17) is 20.2 Å². The van der Waals surface area contributed by atoms with E-state index in [1.165, 1.54) is 0 Å². The summed E-state index contributed by atoms with van der Waals surface area (Å²) in [5.74, 6) is -0.170. The first kappa shape index (κ1) is 11.4. The average Bonchev–Trinajstić information content (AvgIpc) is 2.61. The minimum atomic E-state index is -4.15. The van der Waals surface area contributed by atoms with Crippen LogP contribution in [0.1, 0.15) is 12.0 Å². The van der Waals surface area contributed by atoms with Gasteiger partial charge in [0.25, 0.3) is 15.5 Å². The SMILES string of the molecule is O=S(=O)(Cl)c1cc(C(F)F)cc2c1OCO2. The highest BCUT2D eigenvalue weighted by Crippen LogP contribution is 2.42. The lowest BCUT2D eigenvalue weighted by molar-refractivity contribution is 0.150. The van der Waals surface area contributed by atoms with Gasteiger partial charge in [-0.15, -0.1) is 0 Å². The van der Waals surface area contributed by atoms with E-state index in [0.717, 1.165) is 12.1 Å². The second-order valence-electron chi connectivity index (χ2n) is 2.99. The van der Waals surface area contributed by atoms with Crippen molar-refractivity contribution in [3.8, 4) is 11.5 Å². The first-order chi connectivity index (χ1) is 7.39. The highest BCUT2D eigenvalue weighted by atomic mass is 35.7. The highest BCUT2D eigenvalue weighted by Gasteiger charge is 2.28. The third kappa shape index (κ3) is 1.92. The van der Waals surface area contributed by atoms with E-state index < -0.39 is 25.9 Å². The van der Waals surface area contributed by atoms with Gasteiger partial charge in [0.05, 0.1) is 0 Å². The van der Waals surface area contributed by atoms with Crippen LogP contribution in [0, 0.1) is 0 Å². The number of hydrogen-bond acceptors (Lipinski definition) is 4. The Kier molecular flexibility index (Phi) is 2.67. The molecule has 16 heavy (non-hydrogen) atoms. The summed E-state index contributed by atoms with van der Waals surface area (Å²) >= 11 is 0. The smallest absolute Gasteiger partial charge is 0.265 e. The van der Waals surface area contributed by atoms with Crippen LogP contribution in [0.2, 0.25) is 0 Å². The Hall–Kier alpha value is -1.08. The van der Waals surface area contributed by atoms with Gasteiger partial charge in [-0.3, -0.25) is 0 Å². The molecule has 0 aliphatic carbocycles. The van der Waals surface area contributed by atoms with Gasteiger partial charge in [0, 0.05) is 16.2 Å². The van der Waals surface area contributed by atoms with E-state index in [2.05, 4.69) is 0 Å². The lowest BCUT2D eigenvalue weighted by atomic mass is 10.2. The Morgan fingerprint density at radius 1 is 1.31 bits per heavy atom. The van der Waals surface area contributed by atoms with Gasteiger partial charge in [-0.05, 0) is 12.1 Å². The lowest BCUT2D eigenvalue weighted by Gasteiger charge is -2.05. The number of halogens is 3. The molecule has 0 saturated carbocycles. The van der Waals surface area contributed by atoms with Crippen LogP contribution < -0.4 is 9.47 Å². The Balaban J connectivity index is 2.68. The molecule has 0 fully saturated rings. The summed E-state index contributed by atoms with van der Waals surface area (Å²) in [6.07, 6.45) is -2.81. The Morgan fingerprint density at radius 3 is 2.56 bits per heavy atom. The molecule has 8 heteroatoms. The highest BCUT2D eigenvalue weighted by molar-refractivity contribution is 8.13. The zero-order valence-electron chi connectivity index (χ0n) is 7.61. The molecule has 1 heterocycles. The van der Waals surface area contributed by atoms with Crippen LogP contribution in [0.5, 0.6) is 11.5 Å². The molecule has 0 radical (unpaired) electrons. The van der Waals surface area contributed by atoms with E-state index in [0.29, 0.717) is 0 Å². The fourth-order valence-corrected chi connectivity index (χ4v) is 2.31. The molecule has 1 aromatic carbocycles. The molecule has 1 aliphatic heterocycles. The summed E-state index contributed by atoms with van der Waals surface area (Å²) in [7, 11) is 0.960. The molecule has 0 N–H and O–H groups in total. The van der Waals surface area contributed by atoms with Crippen LogP contribution in [0.25, 0.3) is 0 Å². The molecular formula is C8H5ClF2O4S. The molecule has 0 spiro atoms. The summed E-state index contributed by atoms with van der Waals surface area (Å²) in [6.45, 7) is -0.221. The van der Waals surface area contributed by atoms with Crippen LogP contribution in [-0.4, -0.2) is 15.2 Å². The quantitative estimate of drug-likeness (QED) is 0.774. The molecule has 88 valence electrons. The molecular weight excluding hydrogens is 266 g/mol. The molecule has 0 atom stereocenters. The summed E-state index contributed by atoms with van der Waals surface area (Å²) in [5, 5.41) is 0. The van der Waals surface area contributed by atoms with Crippen molar-refractivity contribution in [2.24, 2.45) is 0 Å². The van der Waals surface area contributed by atoms with Crippen molar-refractivity contribution in [3.63, 3.8) is 0 Å². The predicted octanol–water partition coefficient (Wildman–Crippen LogP) is 2.28. The van der Waals surface area contributed by atoms with E-state index in [9.17, 15) is 17.2 Å². The summed E-state index contributed by atoms with van der Waals surface area (Å²) in [5.41, 5.74) is -0.483. The van der Waals surface area contributed by atoms with Crippen LogP contribution in [0.15, 0.2) is 17.0 Å². The third-order valence-corrected chi connectivity index (χ3v) is 3.30.